The van der Waals surface area contributed by atoms with Crippen molar-refractivity contribution in [3.8, 4) is 11.5 Å². The number of esters is 1. The highest BCUT2D eigenvalue weighted by Crippen LogP contribution is 2.28. The van der Waals surface area contributed by atoms with E-state index in [-0.39, 0.29) is 11.3 Å². The first-order valence-electron chi connectivity index (χ1n) is 7.68. The molecular formula is C19H20N2O5. The van der Waals surface area contributed by atoms with Crippen LogP contribution in [-0.4, -0.2) is 33.2 Å². The number of nitrogen functional groups attached to an aromatic ring is 1. The highest BCUT2D eigenvalue weighted by atomic mass is 16.5. The molecule has 0 spiro atoms. The Hall–Kier alpha value is -3.48. The van der Waals surface area contributed by atoms with Gasteiger partial charge in [0.1, 0.15) is 0 Å². The second kappa shape index (κ2) is 8.57. The summed E-state index contributed by atoms with van der Waals surface area (Å²) in [6, 6.07) is 10.0. The highest BCUT2D eigenvalue weighted by Gasteiger charge is 2.13. The zero-order valence-electron chi connectivity index (χ0n) is 14.7. The topological polar surface area (TPSA) is 99.9 Å². The Morgan fingerprint density at radius 2 is 1.77 bits per heavy atom. The molecule has 0 aromatic heterocycles. The molecule has 2 rings (SSSR count). The van der Waals surface area contributed by atoms with Crippen molar-refractivity contribution in [3.63, 3.8) is 0 Å². The Kier molecular flexibility index (Phi) is 6.21. The number of nitrogens with two attached hydrogens (primary N) is 1. The lowest BCUT2D eigenvalue weighted by Gasteiger charge is -2.10. The molecule has 2 aromatic carbocycles. The molecule has 7 nitrogen and oxygen atoms in total. The minimum Gasteiger partial charge on any atom is -0.493 e. The van der Waals surface area contributed by atoms with Gasteiger partial charge in [-0.15, -0.1) is 0 Å². The molecule has 0 saturated carbocycles. The van der Waals surface area contributed by atoms with Gasteiger partial charge in [0.25, 0.3) is 0 Å². The van der Waals surface area contributed by atoms with Crippen LogP contribution in [0, 0.1) is 0 Å². The SMILES string of the molecule is COC(=O)c1cccc(NC(=O)/C=C/c2ccc(OC)c(OC)c2)c1N. The lowest BCUT2D eigenvalue weighted by atomic mass is 10.1. The van der Waals surface area contributed by atoms with Crippen LogP contribution in [0.5, 0.6) is 11.5 Å². The van der Waals surface area contributed by atoms with E-state index < -0.39 is 11.9 Å². The number of hydrogen-bond donors (Lipinski definition) is 2. The molecule has 0 radical (unpaired) electrons. The Labute approximate surface area is 151 Å². The lowest BCUT2D eigenvalue weighted by Crippen LogP contribution is -2.12. The Bertz CT molecular complexity index is 846. The van der Waals surface area contributed by atoms with Gasteiger partial charge >= 0.3 is 5.97 Å². The third-order valence-corrected chi connectivity index (χ3v) is 3.60. The molecule has 0 saturated heterocycles. The second-order valence-electron chi connectivity index (χ2n) is 5.20. The van der Waals surface area contributed by atoms with Crippen molar-refractivity contribution >= 4 is 29.3 Å². The molecule has 136 valence electrons. The van der Waals surface area contributed by atoms with Gasteiger partial charge in [-0.05, 0) is 35.9 Å². The van der Waals surface area contributed by atoms with E-state index in [2.05, 4.69) is 10.1 Å². The van der Waals surface area contributed by atoms with Crippen molar-refractivity contribution in [2.24, 2.45) is 0 Å². The first kappa shape index (κ1) is 18.9. The van der Waals surface area contributed by atoms with Crippen molar-refractivity contribution in [1.82, 2.24) is 0 Å². The van der Waals surface area contributed by atoms with Crippen LogP contribution in [0.4, 0.5) is 11.4 Å². The Morgan fingerprint density at radius 3 is 2.42 bits per heavy atom. The molecule has 26 heavy (non-hydrogen) atoms. The van der Waals surface area contributed by atoms with E-state index in [0.29, 0.717) is 17.2 Å². The van der Waals surface area contributed by atoms with Crippen LogP contribution >= 0.6 is 0 Å². The van der Waals surface area contributed by atoms with Gasteiger partial charge in [-0.2, -0.15) is 0 Å². The maximum absolute atomic E-state index is 12.1. The zero-order chi connectivity index (χ0) is 19.1. The van der Waals surface area contributed by atoms with Crippen LogP contribution in [0.25, 0.3) is 6.08 Å². The van der Waals surface area contributed by atoms with E-state index in [1.165, 1.54) is 26.4 Å². The number of carbonyl (C=O) groups is 2. The van der Waals surface area contributed by atoms with E-state index in [0.717, 1.165) is 5.56 Å². The van der Waals surface area contributed by atoms with Crippen molar-refractivity contribution < 1.29 is 23.8 Å². The normalized spacial score (nSPS) is 10.4. The molecular weight excluding hydrogens is 336 g/mol. The van der Waals surface area contributed by atoms with Gasteiger partial charge in [-0.1, -0.05) is 12.1 Å². The zero-order valence-corrected chi connectivity index (χ0v) is 14.7. The molecule has 3 N–H and O–H groups in total. The molecule has 0 unspecified atom stereocenters. The van der Waals surface area contributed by atoms with E-state index in [9.17, 15) is 9.59 Å². The van der Waals surface area contributed by atoms with Crippen LogP contribution in [0.2, 0.25) is 0 Å². The summed E-state index contributed by atoms with van der Waals surface area (Å²) in [6.45, 7) is 0. The van der Waals surface area contributed by atoms with E-state index in [1.807, 2.05) is 0 Å². The minimum atomic E-state index is -0.570. The molecule has 0 aliphatic rings. The largest absolute Gasteiger partial charge is 0.493 e. The fourth-order valence-corrected chi connectivity index (χ4v) is 2.26. The summed E-state index contributed by atoms with van der Waals surface area (Å²) in [6.07, 6.45) is 2.98. The van der Waals surface area contributed by atoms with Crippen molar-refractivity contribution in [2.45, 2.75) is 0 Å². The lowest BCUT2D eigenvalue weighted by molar-refractivity contribution is -0.111. The standard InChI is InChI=1S/C19H20N2O5/c1-24-15-9-7-12(11-16(15)25-2)8-10-17(22)21-14-6-4-5-13(18(14)20)19(23)26-3/h4-11H,20H2,1-3H3,(H,21,22)/b10-8+. The number of hydrogen-bond acceptors (Lipinski definition) is 6. The number of carbonyl (C=O) groups excluding carboxylic acids is 2. The van der Waals surface area contributed by atoms with E-state index in [4.69, 9.17) is 15.2 Å². The summed E-state index contributed by atoms with van der Waals surface area (Å²) in [5.41, 5.74) is 7.34. The first-order chi connectivity index (χ1) is 12.5. The number of benzene rings is 2. The maximum Gasteiger partial charge on any atom is 0.340 e. The van der Waals surface area contributed by atoms with Gasteiger partial charge in [0.15, 0.2) is 11.5 Å². The summed E-state index contributed by atoms with van der Waals surface area (Å²) in [7, 11) is 4.35. The minimum absolute atomic E-state index is 0.146. The summed E-state index contributed by atoms with van der Waals surface area (Å²) in [4.78, 5) is 23.8. The van der Waals surface area contributed by atoms with Gasteiger partial charge in [0.2, 0.25) is 5.91 Å². The fourth-order valence-electron chi connectivity index (χ4n) is 2.26. The molecule has 0 aliphatic carbocycles. The van der Waals surface area contributed by atoms with Crippen LogP contribution < -0.4 is 20.5 Å². The quantitative estimate of drug-likeness (QED) is 0.469. The molecule has 0 fully saturated rings. The number of anilines is 2. The van der Waals surface area contributed by atoms with Crippen LogP contribution in [0.3, 0.4) is 0 Å². The van der Waals surface area contributed by atoms with Gasteiger partial charge < -0.3 is 25.3 Å². The average Bonchev–Trinajstić information content (AvgIpc) is 2.67. The Balaban J connectivity index is 2.14. The average molecular weight is 356 g/mol. The van der Waals surface area contributed by atoms with Crippen LogP contribution in [0.15, 0.2) is 42.5 Å². The predicted octanol–water partition coefficient (Wildman–Crippen LogP) is 2.72. The van der Waals surface area contributed by atoms with Gasteiger partial charge in [-0.3, -0.25) is 4.79 Å². The van der Waals surface area contributed by atoms with Crippen molar-refractivity contribution in [2.75, 3.05) is 32.4 Å². The van der Waals surface area contributed by atoms with Gasteiger partial charge in [0.05, 0.1) is 38.3 Å². The number of nitrogens with one attached hydrogen (secondary N) is 1. The number of rotatable bonds is 6. The second-order valence-corrected chi connectivity index (χ2v) is 5.20. The number of amides is 1. The molecule has 0 atom stereocenters. The number of methoxy groups -OCH3 is 3. The molecule has 0 bridgehead atoms. The fraction of sp³-hybridized carbons (Fsp3) is 0.158. The summed E-state index contributed by atoms with van der Waals surface area (Å²) in [5, 5.41) is 2.64. The summed E-state index contributed by atoms with van der Waals surface area (Å²) in [5.74, 6) is 0.194. The van der Waals surface area contributed by atoms with Crippen molar-refractivity contribution in [3.05, 3.63) is 53.6 Å². The number of para-hydroxylation sites is 1. The van der Waals surface area contributed by atoms with E-state index >= 15 is 0 Å². The van der Waals surface area contributed by atoms with Gasteiger partial charge in [-0.25, -0.2) is 4.79 Å². The monoisotopic (exact) mass is 356 g/mol. The maximum atomic E-state index is 12.1. The van der Waals surface area contributed by atoms with Gasteiger partial charge in [0, 0.05) is 6.08 Å². The van der Waals surface area contributed by atoms with Crippen molar-refractivity contribution in [1.29, 1.82) is 0 Å². The molecule has 2 aromatic rings. The molecule has 0 aliphatic heterocycles. The third-order valence-electron chi connectivity index (χ3n) is 3.60. The summed E-state index contributed by atoms with van der Waals surface area (Å²) >= 11 is 0. The smallest absolute Gasteiger partial charge is 0.340 e. The molecule has 7 heteroatoms. The highest BCUT2D eigenvalue weighted by molar-refractivity contribution is 6.06. The first-order valence-corrected chi connectivity index (χ1v) is 7.68. The number of ether oxygens (including phenoxy) is 3. The third kappa shape index (κ3) is 4.32. The molecule has 1 amide bonds. The van der Waals surface area contributed by atoms with Crippen LogP contribution in [-0.2, 0) is 9.53 Å². The predicted molar refractivity (Wildman–Crippen MR) is 99.4 cm³/mol. The van der Waals surface area contributed by atoms with Crippen LogP contribution in [0.1, 0.15) is 15.9 Å². The Morgan fingerprint density at radius 1 is 1.04 bits per heavy atom. The molecule has 0 heterocycles. The summed E-state index contributed by atoms with van der Waals surface area (Å²) < 4.78 is 15.0. The van der Waals surface area contributed by atoms with E-state index in [1.54, 1.807) is 43.5 Å².